The number of aromatic nitrogens is 2. The Morgan fingerprint density at radius 3 is 2.54 bits per heavy atom. The monoisotopic (exact) mass is 342 g/mol. The minimum Gasteiger partial charge on any atom is -0.248 e. The third kappa shape index (κ3) is 2.88. The van der Waals surface area contributed by atoms with Crippen LogP contribution in [0, 0.1) is 20.7 Å². The second kappa shape index (κ2) is 6.38. The molecule has 0 atom stereocenters. The Morgan fingerprint density at radius 2 is 1.73 bits per heavy atom. The average molecular weight is 342 g/mol. The van der Waals surface area contributed by atoms with Crippen LogP contribution in [0.25, 0.3) is 33.4 Å². The Morgan fingerprint density at radius 1 is 0.885 bits per heavy atom. The van der Waals surface area contributed by atoms with Crippen molar-refractivity contribution < 1.29 is 8.68 Å². The van der Waals surface area contributed by atoms with Gasteiger partial charge in [0.1, 0.15) is 7.05 Å². The Kier molecular flexibility index (Phi) is 3.25. The highest BCUT2D eigenvalue weighted by atomic mass is 14.9. The van der Waals surface area contributed by atoms with Crippen molar-refractivity contribution in [2.24, 2.45) is 7.05 Å². The molecule has 4 aromatic rings. The van der Waals surface area contributed by atoms with E-state index in [0.717, 1.165) is 27.7 Å². The summed E-state index contributed by atoms with van der Waals surface area (Å²) < 4.78 is 26.1. The minimum atomic E-state index is -2.23. The number of hydrogen-bond acceptors (Lipinski definition) is 1. The third-order valence-corrected chi connectivity index (χ3v) is 4.82. The molecule has 0 radical (unpaired) electrons. The molecule has 0 saturated heterocycles. The van der Waals surface area contributed by atoms with Gasteiger partial charge in [-0.1, -0.05) is 35.9 Å². The second-order valence-electron chi connectivity index (χ2n) is 6.80. The average Bonchev–Trinajstić information content (AvgIpc) is 2.67. The van der Waals surface area contributed by atoms with Crippen LogP contribution in [0.5, 0.6) is 0 Å². The molecule has 0 saturated carbocycles. The number of rotatable bonds is 2. The standard InChI is InChI=1S/C24H23N2/c1-16-9-11-22-19(13-16)10-12-23(25-22)21-14-24(26(4)15-18(21)3)20-8-6-5-7-17(20)2/h5-15H,1-4H3/q+1/i3D3. The van der Waals surface area contributed by atoms with Gasteiger partial charge >= 0.3 is 0 Å². The van der Waals surface area contributed by atoms with Gasteiger partial charge in [0.15, 0.2) is 6.20 Å². The number of benzene rings is 2. The first-order chi connectivity index (χ1) is 13.7. The summed E-state index contributed by atoms with van der Waals surface area (Å²) in [5, 5.41) is 1.05. The number of aryl methyl sites for hydroxylation is 4. The quantitative estimate of drug-likeness (QED) is 0.451. The van der Waals surface area contributed by atoms with Crippen molar-refractivity contribution in [2.75, 3.05) is 0 Å². The van der Waals surface area contributed by atoms with Gasteiger partial charge in [0.2, 0.25) is 5.69 Å². The molecule has 0 N–H and O–H groups in total. The summed E-state index contributed by atoms with van der Waals surface area (Å²) in [6, 6.07) is 20.1. The lowest BCUT2D eigenvalue weighted by Crippen LogP contribution is -2.31. The molecule has 0 bridgehead atoms. The zero-order chi connectivity index (χ0) is 20.8. The Labute approximate surface area is 159 Å². The van der Waals surface area contributed by atoms with Gasteiger partial charge in [-0.25, -0.2) is 9.55 Å². The summed E-state index contributed by atoms with van der Waals surface area (Å²) in [6.45, 7) is 1.87. The van der Waals surface area contributed by atoms with Gasteiger partial charge in [0, 0.05) is 32.3 Å². The Hall–Kier alpha value is -3.00. The van der Waals surface area contributed by atoms with Crippen LogP contribution in [0.1, 0.15) is 20.8 Å². The largest absolute Gasteiger partial charge is 0.248 e. The lowest BCUT2D eigenvalue weighted by Gasteiger charge is -2.10. The fourth-order valence-corrected chi connectivity index (χ4v) is 3.38. The van der Waals surface area contributed by atoms with Crippen molar-refractivity contribution in [3.05, 3.63) is 83.6 Å². The van der Waals surface area contributed by atoms with Gasteiger partial charge in [-0.3, -0.25) is 0 Å². The lowest BCUT2D eigenvalue weighted by atomic mass is 9.99. The fraction of sp³-hybridized carbons (Fsp3) is 0.167. The number of nitrogens with zero attached hydrogens (tertiary/aromatic N) is 2. The molecule has 0 fully saturated rings. The van der Waals surface area contributed by atoms with Gasteiger partial charge in [-0.05, 0) is 50.5 Å². The number of pyridine rings is 2. The van der Waals surface area contributed by atoms with Crippen LogP contribution in [0.3, 0.4) is 0 Å². The molecule has 2 nitrogen and oxygen atoms in total. The van der Waals surface area contributed by atoms with E-state index in [1.807, 2.05) is 61.0 Å². The highest BCUT2D eigenvalue weighted by molar-refractivity contribution is 5.83. The van der Waals surface area contributed by atoms with Crippen molar-refractivity contribution in [1.29, 1.82) is 0 Å². The predicted octanol–water partition coefficient (Wildman–Crippen LogP) is 5.32. The van der Waals surface area contributed by atoms with E-state index >= 15 is 0 Å². The minimum absolute atomic E-state index is 0.302. The van der Waals surface area contributed by atoms with E-state index in [1.165, 1.54) is 5.56 Å². The SMILES string of the molecule is [2H]C([2H])([2H])c1c[n+](C)c(-c2ccccc2C)cc1-c1ccc2cc(C)ccc2n1. The van der Waals surface area contributed by atoms with Gasteiger partial charge in [0.25, 0.3) is 0 Å². The first kappa shape index (κ1) is 13.2. The number of fused-ring (bicyclic) bond motifs is 1. The van der Waals surface area contributed by atoms with E-state index in [2.05, 4.69) is 25.1 Å². The first-order valence-corrected chi connectivity index (χ1v) is 8.72. The molecular weight excluding hydrogens is 316 g/mol. The molecule has 2 heteroatoms. The molecule has 4 rings (SSSR count). The molecule has 0 aliphatic rings. The normalized spacial score (nSPS) is 13.3. The molecule has 0 unspecified atom stereocenters. The molecule has 2 heterocycles. The van der Waals surface area contributed by atoms with Crippen molar-refractivity contribution in [3.63, 3.8) is 0 Å². The summed E-state index contributed by atoms with van der Waals surface area (Å²) in [6.07, 6.45) is 1.71. The van der Waals surface area contributed by atoms with Gasteiger partial charge in [-0.2, -0.15) is 0 Å². The zero-order valence-corrected chi connectivity index (χ0v) is 15.2. The van der Waals surface area contributed by atoms with E-state index in [1.54, 1.807) is 6.20 Å². The van der Waals surface area contributed by atoms with Crippen LogP contribution in [0.2, 0.25) is 0 Å². The summed E-state index contributed by atoms with van der Waals surface area (Å²) in [4.78, 5) is 4.79. The van der Waals surface area contributed by atoms with Crippen molar-refractivity contribution in [3.8, 4) is 22.5 Å². The molecule has 128 valence electrons. The maximum Gasteiger partial charge on any atom is 0.213 e. The van der Waals surface area contributed by atoms with E-state index < -0.39 is 6.85 Å². The first-order valence-electron chi connectivity index (χ1n) is 10.2. The van der Waals surface area contributed by atoms with Gasteiger partial charge < -0.3 is 0 Å². The van der Waals surface area contributed by atoms with E-state index in [4.69, 9.17) is 9.10 Å². The van der Waals surface area contributed by atoms with Crippen molar-refractivity contribution in [1.82, 2.24) is 4.98 Å². The highest BCUT2D eigenvalue weighted by Crippen LogP contribution is 2.28. The fourth-order valence-electron chi connectivity index (χ4n) is 3.38. The molecular formula is C24H23N2+. The Balaban J connectivity index is 1.99. The zero-order valence-electron chi connectivity index (χ0n) is 18.2. The van der Waals surface area contributed by atoms with Crippen LogP contribution in [-0.4, -0.2) is 4.98 Å². The lowest BCUT2D eigenvalue weighted by molar-refractivity contribution is -0.660. The van der Waals surface area contributed by atoms with E-state index in [-0.39, 0.29) is 0 Å². The number of hydrogen-bond donors (Lipinski definition) is 0. The summed E-state index contributed by atoms with van der Waals surface area (Å²) in [7, 11) is 1.89. The topological polar surface area (TPSA) is 16.8 Å². The van der Waals surface area contributed by atoms with Gasteiger partial charge in [-0.15, -0.1) is 0 Å². The molecule has 2 aromatic carbocycles. The van der Waals surface area contributed by atoms with Crippen LogP contribution >= 0.6 is 0 Å². The molecule has 2 aromatic heterocycles. The summed E-state index contributed by atoms with van der Waals surface area (Å²) >= 11 is 0. The molecule has 0 aliphatic heterocycles. The maximum atomic E-state index is 8.06. The van der Waals surface area contributed by atoms with Crippen LogP contribution < -0.4 is 4.57 Å². The molecule has 0 amide bonds. The van der Waals surface area contributed by atoms with E-state index in [0.29, 0.717) is 16.8 Å². The third-order valence-electron chi connectivity index (χ3n) is 4.82. The maximum absolute atomic E-state index is 8.06. The van der Waals surface area contributed by atoms with Crippen LogP contribution in [0.15, 0.2) is 66.9 Å². The van der Waals surface area contributed by atoms with Gasteiger partial charge in [0.05, 0.1) is 11.2 Å². The van der Waals surface area contributed by atoms with Crippen molar-refractivity contribution >= 4 is 10.9 Å². The highest BCUT2D eigenvalue weighted by Gasteiger charge is 2.17. The van der Waals surface area contributed by atoms with E-state index in [9.17, 15) is 0 Å². The molecule has 0 spiro atoms. The molecule has 0 aliphatic carbocycles. The predicted molar refractivity (Wildman–Crippen MR) is 108 cm³/mol. The Bertz CT molecular complexity index is 1230. The summed E-state index contributed by atoms with van der Waals surface area (Å²) in [5.74, 6) is 0. The molecule has 26 heavy (non-hydrogen) atoms. The van der Waals surface area contributed by atoms with Crippen LogP contribution in [-0.2, 0) is 7.05 Å². The second-order valence-corrected chi connectivity index (χ2v) is 6.80. The van der Waals surface area contributed by atoms with Crippen LogP contribution in [0.4, 0.5) is 0 Å². The van der Waals surface area contributed by atoms with Crippen molar-refractivity contribution in [2.45, 2.75) is 20.7 Å². The smallest absolute Gasteiger partial charge is 0.213 e. The summed E-state index contributed by atoms with van der Waals surface area (Å²) in [5.41, 5.74) is 6.81.